The molecule has 2 aliphatic rings. The zero-order chi connectivity index (χ0) is 36.9. The van der Waals surface area contributed by atoms with E-state index < -0.39 is 48.0 Å². The Hall–Kier alpha value is -3.96. The van der Waals surface area contributed by atoms with E-state index in [4.69, 9.17) is 65.0 Å². The number of carbonyl (C=O) groups is 5. The van der Waals surface area contributed by atoms with Gasteiger partial charge in [0.25, 0.3) is 0 Å². The molecule has 0 aliphatic carbocycles. The minimum absolute atomic E-state index is 0.112. The highest BCUT2D eigenvalue weighted by Crippen LogP contribution is 2.04. The molecule has 2 saturated heterocycles. The van der Waals surface area contributed by atoms with Crippen LogP contribution >= 0.6 is 12.6 Å². The Morgan fingerprint density at radius 2 is 1.00 bits per heavy atom. The van der Waals surface area contributed by atoms with Crippen LogP contribution < -0.4 is 49.9 Å². The number of nitrogens with two attached hydrogens (primary N) is 5. The molecule has 0 spiro atoms. The Morgan fingerprint density at radius 3 is 1.15 bits per heavy atom. The van der Waals surface area contributed by atoms with E-state index in [-0.39, 0.29) is 29.8 Å². The van der Waals surface area contributed by atoms with Gasteiger partial charge in [0, 0.05) is 18.8 Å². The predicted octanol–water partition coefficient (Wildman–Crippen LogP) is -3.70. The molecule has 0 aromatic carbocycles. The predicted molar refractivity (Wildman–Crippen MR) is 176 cm³/mol. The molecule has 0 radical (unpaired) electrons. The molecule has 0 unspecified atom stereocenters. The van der Waals surface area contributed by atoms with E-state index in [0.717, 1.165) is 38.8 Å². The van der Waals surface area contributed by atoms with Crippen LogP contribution in [0.3, 0.4) is 0 Å². The summed E-state index contributed by atoms with van der Waals surface area (Å²) in [4.78, 5) is 50.5. The molecule has 5 atom stereocenters. The van der Waals surface area contributed by atoms with Crippen LogP contribution in [0.4, 0.5) is 0 Å². The second-order valence-electron chi connectivity index (χ2n) is 9.96. The first-order valence-corrected chi connectivity index (χ1v) is 15.1. The second kappa shape index (κ2) is 29.4. The molecule has 0 aromatic rings. The first-order valence-electron chi connectivity index (χ1n) is 14.5. The molecule has 21 nitrogen and oxygen atoms in total. The SMILES string of the molecule is N=C(N)NCCC[C@H](N)C(=O)O.N=C(N)NCCC[C@H](N)C(=O)O.N[C@@H](CS)C(=O)O.O=C(O)[C@@H]1CCCN1.O=C(O)[C@@H]1CCCN1. The summed E-state index contributed by atoms with van der Waals surface area (Å²) in [6.45, 7) is 2.68. The van der Waals surface area contributed by atoms with Gasteiger partial charge < -0.3 is 75.5 Å². The van der Waals surface area contributed by atoms with Crippen LogP contribution in [0, 0.1) is 10.8 Å². The summed E-state index contributed by atoms with van der Waals surface area (Å²) in [5.41, 5.74) is 25.4. The fraction of sp³-hybridized carbons (Fsp3) is 0.720. The van der Waals surface area contributed by atoms with Gasteiger partial charge in [0.1, 0.15) is 30.2 Å². The third-order valence-corrected chi connectivity index (χ3v) is 6.27. The normalized spacial score (nSPS) is 17.8. The molecule has 2 heterocycles. The van der Waals surface area contributed by atoms with Gasteiger partial charge in [-0.25, -0.2) is 0 Å². The fourth-order valence-electron chi connectivity index (χ4n) is 3.21. The molecule has 2 rings (SSSR count). The van der Waals surface area contributed by atoms with Crippen molar-refractivity contribution in [1.82, 2.24) is 21.3 Å². The van der Waals surface area contributed by atoms with E-state index in [2.05, 4.69) is 33.9 Å². The van der Waals surface area contributed by atoms with Gasteiger partial charge in [-0.3, -0.25) is 34.8 Å². The summed E-state index contributed by atoms with van der Waals surface area (Å²) in [6.07, 6.45) is 5.52. The molecular weight excluding hydrogens is 646 g/mol. The minimum atomic E-state index is -1.00. The maximum atomic E-state index is 10.2. The van der Waals surface area contributed by atoms with Gasteiger partial charge in [-0.2, -0.15) is 12.6 Å². The van der Waals surface area contributed by atoms with Crippen LogP contribution in [-0.2, 0) is 24.0 Å². The highest BCUT2D eigenvalue weighted by atomic mass is 32.1. The first-order chi connectivity index (χ1) is 21.9. The Labute approximate surface area is 278 Å². The lowest BCUT2D eigenvalue weighted by Crippen LogP contribution is -2.34. The molecule has 0 saturated carbocycles. The average molecular weight is 700 g/mol. The van der Waals surface area contributed by atoms with Crippen molar-refractivity contribution >= 4 is 54.4 Å². The highest BCUT2D eigenvalue weighted by Gasteiger charge is 2.21. The minimum Gasteiger partial charge on any atom is -0.480 e. The summed E-state index contributed by atoms with van der Waals surface area (Å²) in [6, 6.07) is -2.99. The molecular formula is C25H53N11O10S. The molecule has 274 valence electrons. The number of thiol groups is 1. The van der Waals surface area contributed by atoms with Gasteiger partial charge in [0.05, 0.1) is 0 Å². The number of guanidine groups is 2. The molecule has 21 N–H and O–H groups in total. The van der Waals surface area contributed by atoms with Crippen molar-refractivity contribution in [2.24, 2.45) is 28.7 Å². The summed E-state index contributed by atoms with van der Waals surface area (Å²) < 4.78 is 0. The smallest absolute Gasteiger partial charge is 0.321 e. The van der Waals surface area contributed by atoms with Crippen molar-refractivity contribution in [3.8, 4) is 0 Å². The molecule has 2 fully saturated rings. The Balaban J connectivity index is -0.000000523. The number of carboxylic acids is 5. The fourth-order valence-corrected chi connectivity index (χ4v) is 3.36. The van der Waals surface area contributed by atoms with Crippen molar-refractivity contribution in [2.45, 2.75) is 81.6 Å². The van der Waals surface area contributed by atoms with Gasteiger partial charge in [-0.1, -0.05) is 0 Å². The maximum Gasteiger partial charge on any atom is 0.321 e. The quantitative estimate of drug-likeness (QED) is 0.0359. The van der Waals surface area contributed by atoms with Gasteiger partial charge in [0.15, 0.2) is 11.9 Å². The molecule has 0 aromatic heterocycles. The molecule has 22 heteroatoms. The van der Waals surface area contributed by atoms with Crippen molar-refractivity contribution in [2.75, 3.05) is 31.9 Å². The van der Waals surface area contributed by atoms with E-state index in [1.165, 1.54) is 0 Å². The van der Waals surface area contributed by atoms with Crippen molar-refractivity contribution in [1.29, 1.82) is 10.8 Å². The summed E-state index contributed by atoms with van der Waals surface area (Å²) in [5.74, 6) is -4.48. The second-order valence-corrected chi connectivity index (χ2v) is 10.3. The zero-order valence-electron chi connectivity index (χ0n) is 26.2. The van der Waals surface area contributed by atoms with E-state index >= 15 is 0 Å². The largest absolute Gasteiger partial charge is 0.480 e. The third-order valence-electron chi connectivity index (χ3n) is 5.88. The number of hydrogen-bond donors (Lipinski definition) is 17. The molecule has 47 heavy (non-hydrogen) atoms. The van der Waals surface area contributed by atoms with Crippen molar-refractivity contribution in [3.63, 3.8) is 0 Å². The lowest BCUT2D eigenvalue weighted by Gasteiger charge is -2.06. The Morgan fingerprint density at radius 1 is 0.681 bits per heavy atom. The lowest BCUT2D eigenvalue weighted by molar-refractivity contribution is -0.140. The van der Waals surface area contributed by atoms with Gasteiger partial charge in [0.2, 0.25) is 0 Å². The molecule has 0 amide bonds. The topological polar surface area (TPSA) is 412 Å². The van der Waals surface area contributed by atoms with Crippen LogP contribution in [0.2, 0.25) is 0 Å². The average Bonchev–Trinajstić information content (AvgIpc) is 3.73. The number of hydrogen-bond acceptors (Lipinski definition) is 13. The summed E-state index contributed by atoms with van der Waals surface area (Å²) in [7, 11) is 0. The molecule has 2 aliphatic heterocycles. The van der Waals surface area contributed by atoms with Crippen molar-refractivity contribution < 1.29 is 49.5 Å². The Bertz CT molecular complexity index is 889. The van der Waals surface area contributed by atoms with Gasteiger partial charge in [-0.15, -0.1) is 0 Å². The number of aliphatic carboxylic acids is 5. The first kappa shape index (κ1) is 47.4. The van der Waals surface area contributed by atoms with Crippen LogP contribution in [0.5, 0.6) is 0 Å². The van der Waals surface area contributed by atoms with Crippen LogP contribution in [-0.4, -0.2) is 129 Å². The monoisotopic (exact) mass is 699 g/mol. The van der Waals surface area contributed by atoms with E-state index in [1.807, 2.05) is 0 Å². The summed E-state index contributed by atoms with van der Waals surface area (Å²) >= 11 is 3.65. The third kappa shape index (κ3) is 31.8. The zero-order valence-corrected chi connectivity index (χ0v) is 27.1. The standard InChI is InChI=1S/2C6H14N4O2.2C5H9NO2.C3H7NO2S/c2*7-4(5(11)12)2-1-3-10-6(8)9;2*7-5(8)4-2-1-3-6-4;4-2(1-7)3(5)6/h2*4H,1-3,7H2,(H,11,12)(H4,8,9,10);2*4,6H,1-3H2,(H,7,8);2,7H,1,4H2,(H,5,6)/t4*4-;2-/m00000/s1. The highest BCUT2D eigenvalue weighted by molar-refractivity contribution is 7.80. The van der Waals surface area contributed by atoms with Crippen molar-refractivity contribution in [3.05, 3.63) is 0 Å². The van der Waals surface area contributed by atoms with Crippen LogP contribution in [0.1, 0.15) is 51.4 Å². The van der Waals surface area contributed by atoms with E-state index in [0.29, 0.717) is 38.8 Å². The molecule has 0 bridgehead atoms. The lowest BCUT2D eigenvalue weighted by atomic mass is 10.2. The van der Waals surface area contributed by atoms with Gasteiger partial charge >= 0.3 is 29.8 Å². The maximum absolute atomic E-state index is 10.2. The van der Waals surface area contributed by atoms with Crippen LogP contribution in [0.25, 0.3) is 0 Å². The van der Waals surface area contributed by atoms with Crippen LogP contribution in [0.15, 0.2) is 0 Å². The van der Waals surface area contributed by atoms with Gasteiger partial charge in [-0.05, 0) is 64.5 Å². The summed E-state index contributed by atoms with van der Waals surface area (Å²) in [5, 5.41) is 65.9. The number of nitrogens with one attached hydrogen (secondary N) is 6. The van der Waals surface area contributed by atoms with E-state index in [9.17, 15) is 24.0 Å². The van der Waals surface area contributed by atoms with E-state index in [1.54, 1.807) is 0 Å². The number of rotatable bonds is 14. The number of carboxylic acid groups (broad SMARTS) is 5. The Kier molecular flexibility index (Phi) is 29.7.